The zero-order valence-corrected chi connectivity index (χ0v) is 28.2. The van der Waals surface area contributed by atoms with E-state index in [0.29, 0.717) is 51.7 Å². The Hall–Kier alpha value is -4.22. The summed E-state index contributed by atoms with van der Waals surface area (Å²) in [6, 6.07) is 17.1. The van der Waals surface area contributed by atoms with Crippen LogP contribution in [0.5, 0.6) is 11.6 Å². The first kappa shape index (κ1) is 34.1. The third-order valence-electron chi connectivity index (χ3n) is 7.46. The van der Waals surface area contributed by atoms with E-state index < -0.39 is 12.1 Å². The number of aliphatic hydroxyl groups is 1. The average molecular weight is 679 g/mol. The third kappa shape index (κ3) is 8.02. The summed E-state index contributed by atoms with van der Waals surface area (Å²) in [6.07, 6.45) is 0.513. The highest BCUT2D eigenvalue weighted by Gasteiger charge is 2.20. The number of carbonyl (C=O) groups is 1. The Bertz CT molecular complexity index is 1780. The maximum Gasteiger partial charge on any atom is 0.308 e. The predicted octanol–water partition coefficient (Wildman–Crippen LogP) is 5.94. The SMILES string of the molecule is COc1cc(-c2nccc(-c3cccc(-c4ccc(C5=NCCN5)c(OC)n4)c3Cl)c2Cl)ccc1CNC[C@H](O)CC(=O)OC(C)C. The number of aromatic nitrogens is 2. The zero-order valence-electron chi connectivity index (χ0n) is 26.6. The van der Waals surface area contributed by atoms with Crippen molar-refractivity contribution < 1.29 is 24.1 Å². The standard InChI is InChI=1S/C35H37Cl2N5O5/c1-20(2)47-30(44)17-23(43)19-38-18-22-9-8-21(16-29(22)45-3)33-32(37)25(12-13-39-33)24-6-5-7-26(31(24)36)28-11-10-27(35(42-28)46-4)34-40-14-15-41-34/h5-13,16,20,23,38,43H,14-15,17-19H2,1-4H3,(H,40,41)/t23-/m1/s1. The Kier molecular flexibility index (Phi) is 11.3. The monoisotopic (exact) mass is 677 g/mol. The molecule has 0 saturated carbocycles. The highest BCUT2D eigenvalue weighted by molar-refractivity contribution is 6.39. The van der Waals surface area contributed by atoms with Gasteiger partial charge in [0.05, 0.1) is 66.4 Å². The zero-order chi connectivity index (χ0) is 33.5. The highest BCUT2D eigenvalue weighted by atomic mass is 35.5. The van der Waals surface area contributed by atoms with E-state index in [-0.39, 0.29) is 19.1 Å². The minimum atomic E-state index is -0.871. The molecule has 5 rings (SSSR count). The molecule has 0 unspecified atom stereocenters. The molecule has 0 saturated heterocycles. The number of aliphatic hydroxyl groups excluding tert-OH is 1. The van der Waals surface area contributed by atoms with Crippen LogP contribution in [-0.2, 0) is 16.1 Å². The van der Waals surface area contributed by atoms with Crippen molar-refractivity contribution in [1.29, 1.82) is 0 Å². The van der Waals surface area contributed by atoms with E-state index >= 15 is 0 Å². The van der Waals surface area contributed by atoms with Crippen LogP contribution in [0.2, 0.25) is 10.0 Å². The van der Waals surface area contributed by atoms with Crippen LogP contribution in [0.1, 0.15) is 31.4 Å². The van der Waals surface area contributed by atoms with Crippen LogP contribution in [0, 0.1) is 0 Å². The number of amidine groups is 1. The van der Waals surface area contributed by atoms with Crippen molar-refractivity contribution in [3.8, 4) is 45.3 Å². The Labute approximate surface area is 284 Å². The van der Waals surface area contributed by atoms with Crippen molar-refractivity contribution >= 4 is 35.0 Å². The predicted molar refractivity (Wildman–Crippen MR) is 184 cm³/mol. The number of halogens is 2. The number of benzene rings is 2. The quantitative estimate of drug-likeness (QED) is 0.147. The number of hydrogen-bond donors (Lipinski definition) is 3. The lowest BCUT2D eigenvalue weighted by atomic mass is 9.99. The summed E-state index contributed by atoms with van der Waals surface area (Å²) in [6.45, 7) is 5.65. The second kappa shape index (κ2) is 15.6. The second-order valence-corrected chi connectivity index (χ2v) is 11.9. The number of ether oxygens (including phenoxy) is 3. The Morgan fingerprint density at radius 1 is 1.00 bits per heavy atom. The van der Waals surface area contributed by atoms with Crippen molar-refractivity contribution in [2.75, 3.05) is 33.9 Å². The summed E-state index contributed by atoms with van der Waals surface area (Å²) in [7, 11) is 3.17. The fraction of sp³-hybridized carbons (Fsp3) is 0.314. The number of esters is 1. The molecule has 0 spiro atoms. The smallest absolute Gasteiger partial charge is 0.308 e. The van der Waals surface area contributed by atoms with E-state index in [0.717, 1.165) is 40.2 Å². The van der Waals surface area contributed by atoms with Gasteiger partial charge in [0.15, 0.2) is 0 Å². The lowest BCUT2D eigenvalue weighted by Crippen LogP contribution is -2.29. The van der Waals surface area contributed by atoms with E-state index in [9.17, 15) is 9.90 Å². The van der Waals surface area contributed by atoms with Crippen molar-refractivity contribution in [2.45, 2.75) is 39.0 Å². The molecular weight excluding hydrogens is 641 g/mol. The molecule has 47 heavy (non-hydrogen) atoms. The van der Waals surface area contributed by atoms with Gasteiger partial charge in [-0.2, -0.15) is 0 Å². The van der Waals surface area contributed by atoms with Crippen molar-refractivity contribution in [3.63, 3.8) is 0 Å². The first-order chi connectivity index (χ1) is 22.7. The number of methoxy groups -OCH3 is 2. The van der Waals surface area contributed by atoms with Gasteiger partial charge in [-0.15, -0.1) is 0 Å². The van der Waals surface area contributed by atoms with E-state index in [2.05, 4.69) is 20.6 Å². The first-order valence-electron chi connectivity index (χ1n) is 15.2. The minimum absolute atomic E-state index is 0.0838. The molecule has 2 aromatic heterocycles. The van der Waals surface area contributed by atoms with Gasteiger partial charge in [0.25, 0.3) is 0 Å². The molecular formula is C35H37Cl2N5O5. The minimum Gasteiger partial charge on any atom is -0.496 e. The van der Waals surface area contributed by atoms with Gasteiger partial charge in [0.1, 0.15) is 11.6 Å². The van der Waals surface area contributed by atoms with E-state index in [4.69, 9.17) is 42.4 Å². The Morgan fingerprint density at radius 3 is 2.51 bits per heavy atom. The molecule has 0 aliphatic carbocycles. The molecule has 3 N–H and O–H groups in total. The van der Waals surface area contributed by atoms with E-state index in [1.165, 1.54) is 0 Å². The van der Waals surface area contributed by atoms with E-state index in [1.807, 2.05) is 54.6 Å². The molecule has 0 radical (unpaired) electrons. The molecule has 2 aromatic carbocycles. The van der Waals surface area contributed by atoms with Gasteiger partial charge in [-0.25, -0.2) is 4.98 Å². The van der Waals surface area contributed by atoms with Crippen LogP contribution in [0.15, 0.2) is 65.8 Å². The molecule has 246 valence electrons. The number of carbonyl (C=O) groups excluding carboxylic acids is 1. The van der Waals surface area contributed by atoms with Crippen LogP contribution >= 0.6 is 23.2 Å². The molecule has 1 aliphatic heterocycles. The summed E-state index contributed by atoms with van der Waals surface area (Å²) >= 11 is 14.1. The lowest BCUT2D eigenvalue weighted by molar-refractivity contribution is -0.149. The van der Waals surface area contributed by atoms with Gasteiger partial charge >= 0.3 is 5.97 Å². The number of nitrogens with one attached hydrogen (secondary N) is 2. The van der Waals surface area contributed by atoms with Gasteiger partial charge in [-0.3, -0.25) is 14.8 Å². The van der Waals surface area contributed by atoms with Crippen LogP contribution in [-0.4, -0.2) is 72.9 Å². The number of aliphatic imine (C=N–C) groups is 1. The topological polar surface area (TPSA) is 127 Å². The van der Waals surface area contributed by atoms with Gasteiger partial charge in [-0.1, -0.05) is 53.5 Å². The molecule has 0 bridgehead atoms. The molecule has 0 amide bonds. The molecule has 10 nitrogen and oxygen atoms in total. The summed E-state index contributed by atoms with van der Waals surface area (Å²) < 4.78 is 16.4. The van der Waals surface area contributed by atoms with Crippen LogP contribution in [0.25, 0.3) is 33.6 Å². The van der Waals surface area contributed by atoms with Gasteiger partial charge < -0.3 is 30.0 Å². The molecule has 0 fully saturated rings. The second-order valence-electron chi connectivity index (χ2n) is 11.2. The fourth-order valence-corrected chi connectivity index (χ4v) is 5.93. The summed E-state index contributed by atoms with van der Waals surface area (Å²) in [4.78, 5) is 25.6. The van der Waals surface area contributed by atoms with Crippen LogP contribution in [0.4, 0.5) is 0 Å². The normalized spacial score (nSPS) is 13.2. The summed E-state index contributed by atoms with van der Waals surface area (Å²) in [5.41, 5.74) is 5.80. The van der Waals surface area contributed by atoms with Gasteiger partial charge in [0, 0.05) is 53.6 Å². The van der Waals surface area contributed by atoms with Crippen molar-refractivity contribution in [2.24, 2.45) is 4.99 Å². The molecule has 3 heterocycles. The van der Waals surface area contributed by atoms with Gasteiger partial charge in [0.2, 0.25) is 5.88 Å². The number of pyridine rings is 2. The molecule has 12 heteroatoms. The van der Waals surface area contributed by atoms with Gasteiger partial charge in [-0.05, 0) is 38.1 Å². The first-order valence-corrected chi connectivity index (χ1v) is 16.0. The molecule has 1 atom stereocenters. The number of nitrogens with zero attached hydrogens (tertiary/aromatic N) is 3. The maximum absolute atomic E-state index is 11.8. The molecule has 1 aliphatic rings. The largest absolute Gasteiger partial charge is 0.496 e. The third-order valence-corrected chi connectivity index (χ3v) is 8.25. The number of hydrogen-bond acceptors (Lipinski definition) is 10. The van der Waals surface area contributed by atoms with E-state index in [1.54, 1.807) is 34.3 Å². The van der Waals surface area contributed by atoms with Crippen molar-refractivity contribution in [3.05, 3.63) is 82.0 Å². The summed E-state index contributed by atoms with van der Waals surface area (Å²) in [5.74, 6) is 1.40. The Balaban J connectivity index is 1.37. The van der Waals surface area contributed by atoms with Crippen molar-refractivity contribution in [1.82, 2.24) is 20.6 Å². The van der Waals surface area contributed by atoms with Crippen LogP contribution < -0.4 is 20.1 Å². The highest BCUT2D eigenvalue weighted by Crippen LogP contribution is 2.42. The summed E-state index contributed by atoms with van der Waals surface area (Å²) in [5, 5.41) is 17.6. The van der Waals surface area contributed by atoms with Crippen LogP contribution in [0.3, 0.4) is 0 Å². The lowest BCUT2D eigenvalue weighted by Gasteiger charge is -2.16. The average Bonchev–Trinajstić information content (AvgIpc) is 3.60. The molecule has 4 aromatic rings. The Morgan fingerprint density at radius 2 is 1.79 bits per heavy atom. The number of rotatable bonds is 13. The maximum atomic E-state index is 11.8. The fourth-order valence-electron chi connectivity index (χ4n) is 5.28.